The summed E-state index contributed by atoms with van der Waals surface area (Å²) >= 11 is 0. The molecule has 2 rings (SSSR count). The topological polar surface area (TPSA) is 46.5 Å². The molecule has 1 saturated heterocycles. The van der Waals surface area contributed by atoms with Crippen molar-refractivity contribution in [3.8, 4) is 0 Å². The number of aliphatic carboxylic acids is 1. The van der Waals surface area contributed by atoms with Crippen molar-refractivity contribution >= 4 is 5.97 Å². The predicted octanol–water partition coefficient (Wildman–Crippen LogP) is 2.30. The van der Waals surface area contributed by atoms with Gasteiger partial charge >= 0.3 is 5.97 Å². The summed E-state index contributed by atoms with van der Waals surface area (Å²) in [5, 5.41) is 8.74. The second-order valence-electron chi connectivity index (χ2n) is 4.88. The van der Waals surface area contributed by atoms with Crippen LogP contribution in [0.2, 0.25) is 0 Å². The first kappa shape index (κ1) is 10.9. The molecule has 0 aromatic heterocycles. The molecule has 1 unspecified atom stereocenters. The van der Waals surface area contributed by atoms with Gasteiger partial charge in [-0.05, 0) is 49.9 Å². The third-order valence-electron chi connectivity index (χ3n) is 3.79. The van der Waals surface area contributed by atoms with Crippen molar-refractivity contribution in [2.75, 3.05) is 13.2 Å². The van der Waals surface area contributed by atoms with Crippen molar-refractivity contribution < 1.29 is 14.6 Å². The Bertz CT molecular complexity index is 217. The number of ether oxygens (including phenoxy) is 1. The lowest BCUT2D eigenvalue weighted by Gasteiger charge is -2.30. The molecule has 1 N–H and O–H groups in total. The molecule has 1 atom stereocenters. The van der Waals surface area contributed by atoms with Gasteiger partial charge in [-0.3, -0.25) is 4.79 Å². The van der Waals surface area contributed by atoms with Crippen LogP contribution in [0.4, 0.5) is 0 Å². The first-order valence-corrected chi connectivity index (χ1v) is 6.07. The quantitative estimate of drug-likeness (QED) is 0.760. The molecular formula is C12H20O3. The number of carboxylic acids is 1. The predicted molar refractivity (Wildman–Crippen MR) is 56.6 cm³/mol. The van der Waals surface area contributed by atoms with E-state index in [2.05, 4.69) is 0 Å². The second kappa shape index (κ2) is 4.97. The highest BCUT2D eigenvalue weighted by Gasteiger charge is 2.36. The fraction of sp³-hybridized carbons (Fsp3) is 0.917. The standard InChI is InChI=1S/C12H20O3/c13-12(14)4-3-11(9-1-2-9)10-5-7-15-8-6-10/h9-11H,1-8H2,(H,13,14). The number of carbonyl (C=O) groups is 1. The van der Waals surface area contributed by atoms with E-state index >= 15 is 0 Å². The highest BCUT2D eigenvalue weighted by molar-refractivity contribution is 5.66. The minimum Gasteiger partial charge on any atom is -0.481 e. The summed E-state index contributed by atoms with van der Waals surface area (Å²) in [6.45, 7) is 1.75. The SMILES string of the molecule is O=C(O)CCC(C1CCOCC1)C1CC1. The molecule has 1 heterocycles. The minimum absolute atomic E-state index is 0.346. The van der Waals surface area contributed by atoms with Crippen molar-refractivity contribution in [1.29, 1.82) is 0 Å². The highest BCUT2D eigenvalue weighted by atomic mass is 16.5. The molecule has 0 radical (unpaired) electrons. The Kier molecular flexibility index (Phi) is 3.62. The monoisotopic (exact) mass is 212 g/mol. The number of rotatable bonds is 5. The van der Waals surface area contributed by atoms with Gasteiger partial charge in [-0.1, -0.05) is 0 Å². The summed E-state index contributed by atoms with van der Waals surface area (Å²) in [4.78, 5) is 10.6. The van der Waals surface area contributed by atoms with Gasteiger partial charge in [0, 0.05) is 19.6 Å². The Morgan fingerprint density at radius 1 is 1.20 bits per heavy atom. The van der Waals surface area contributed by atoms with Crippen LogP contribution in [0.1, 0.15) is 38.5 Å². The summed E-state index contributed by atoms with van der Waals surface area (Å²) < 4.78 is 5.36. The van der Waals surface area contributed by atoms with E-state index in [1.54, 1.807) is 0 Å². The molecular weight excluding hydrogens is 192 g/mol. The zero-order valence-electron chi connectivity index (χ0n) is 9.15. The van der Waals surface area contributed by atoms with Gasteiger partial charge in [-0.2, -0.15) is 0 Å². The molecule has 3 heteroatoms. The van der Waals surface area contributed by atoms with E-state index in [1.165, 1.54) is 12.8 Å². The average molecular weight is 212 g/mol. The zero-order valence-corrected chi connectivity index (χ0v) is 9.15. The summed E-state index contributed by atoms with van der Waals surface area (Å²) in [5.41, 5.74) is 0. The molecule has 0 spiro atoms. The van der Waals surface area contributed by atoms with Gasteiger partial charge in [-0.15, -0.1) is 0 Å². The normalized spacial score (nSPS) is 25.1. The van der Waals surface area contributed by atoms with Gasteiger partial charge in [0.1, 0.15) is 0 Å². The molecule has 2 aliphatic rings. The van der Waals surface area contributed by atoms with E-state index < -0.39 is 5.97 Å². The van der Waals surface area contributed by atoms with Crippen LogP contribution in [-0.2, 0) is 9.53 Å². The summed E-state index contributed by atoms with van der Waals surface area (Å²) in [5.74, 6) is 1.57. The van der Waals surface area contributed by atoms with Crippen molar-refractivity contribution in [2.45, 2.75) is 38.5 Å². The van der Waals surface area contributed by atoms with Crippen LogP contribution >= 0.6 is 0 Å². The summed E-state index contributed by atoms with van der Waals surface area (Å²) in [7, 11) is 0. The maximum absolute atomic E-state index is 10.6. The zero-order chi connectivity index (χ0) is 10.7. The van der Waals surface area contributed by atoms with Crippen LogP contribution in [-0.4, -0.2) is 24.3 Å². The van der Waals surface area contributed by atoms with Crippen LogP contribution in [0.3, 0.4) is 0 Å². The molecule has 86 valence electrons. The van der Waals surface area contributed by atoms with E-state index in [1.807, 2.05) is 0 Å². The lowest BCUT2D eigenvalue weighted by molar-refractivity contribution is -0.137. The minimum atomic E-state index is -0.646. The molecule has 1 aliphatic heterocycles. The Labute approximate surface area is 90.8 Å². The summed E-state index contributed by atoms with van der Waals surface area (Å²) in [6.07, 6.45) is 6.15. The van der Waals surface area contributed by atoms with Crippen molar-refractivity contribution in [3.05, 3.63) is 0 Å². The third-order valence-corrected chi connectivity index (χ3v) is 3.79. The molecule has 0 amide bonds. The van der Waals surface area contributed by atoms with Gasteiger partial charge < -0.3 is 9.84 Å². The van der Waals surface area contributed by atoms with Gasteiger partial charge in [0.25, 0.3) is 0 Å². The van der Waals surface area contributed by atoms with Crippen LogP contribution in [0.5, 0.6) is 0 Å². The molecule has 0 bridgehead atoms. The first-order chi connectivity index (χ1) is 7.27. The maximum Gasteiger partial charge on any atom is 0.303 e. The molecule has 15 heavy (non-hydrogen) atoms. The Morgan fingerprint density at radius 3 is 2.33 bits per heavy atom. The number of hydrogen-bond acceptors (Lipinski definition) is 2. The second-order valence-corrected chi connectivity index (χ2v) is 4.88. The fourth-order valence-corrected chi connectivity index (χ4v) is 2.81. The molecule has 1 aliphatic carbocycles. The van der Waals surface area contributed by atoms with E-state index in [0.717, 1.165) is 44.3 Å². The number of hydrogen-bond donors (Lipinski definition) is 1. The molecule has 3 nitrogen and oxygen atoms in total. The van der Waals surface area contributed by atoms with Crippen molar-refractivity contribution in [1.82, 2.24) is 0 Å². The summed E-state index contributed by atoms with van der Waals surface area (Å²) in [6, 6.07) is 0. The van der Waals surface area contributed by atoms with Gasteiger partial charge in [0.05, 0.1) is 0 Å². The van der Waals surface area contributed by atoms with Crippen LogP contribution in [0, 0.1) is 17.8 Å². The van der Waals surface area contributed by atoms with E-state index in [-0.39, 0.29) is 0 Å². The van der Waals surface area contributed by atoms with Gasteiger partial charge in [0.15, 0.2) is 0 Å². The molecule has 2 fully saturated rings. The van der Waals surface area contributed by atoms with E-state index in [4.69, 9.17) is 9.84 Å². The Morgan fingerprint density at radius 2 is 1.80 bits per heavy atom. The Balaban J connectivity index is 1.83. The largest absolute Gasteiger partial charge is 0.481 e. The fourth-order valence-electron chi connectivity index (χ4n) is 2.81. The Hall–Kier alpha value is -0.570. The number of carboxylic acid groups (broad SMARTS) is 1. The third kappa shape index (κ3) is 3.20. The van der Waals surface area contributed by atoms with Gasteiger partial charge in [0.2, 0.25) is 0 Å². The van der Waals surface area contributed by atoms with Crippen LogP contribution in [0.15, 0.2) is 0 Å². The maximum atomic E-state index is 10.6. The molecule has 0 aromatic carbocycles. The van der Waals surface area contributed by atoms with Crippen molar-refractivity contribution in [3.63, 3.8) is 0 Å². The molecule has 0 aromatic rings. The lowest BCUT2D eigenvalue weighted by atomic mass is 9.80. The van der Waals surface area contributed by atoms with Crippen LogP contribution < -0.4 is 0 Å². The molecule has 1 saturated carbocycles. The van der Waals surface area contributed by atoms with Crippen molar-refractivity contribution in [2.24, 2.45) is 17.8 Å². The van der Waals surface area contributed by atoms with Gasteiger partial charge in [-0.25, -0.2) is 0 Å². The lowest BCUT2D eigenvalue weighted by Crippen LogP contribution is -2.25. The van der Waals surface area contributed by atoms with E-state index in [0.29, 0.717) is 12.3 Å². The van der Waals surface area contributed by atoms with Crippen LogP contribution in [0.25, 0.3) is 0 Å². The average Bonchev–Trinajstić information content (AvgIpc) is 3.03. The first-order valence-electron chi connectivity index (χ1n) is 6.07. The highest BCUT2D eigenvalue weighted by Crippen LogP contribution is 2.45. The van der Waals surface area contributed by atoms with E-state index in [9.17, 15) is 4.79 Å². The smallest absolute Gasteiger partial charge is 0.303 e.